The molecule has 0 radical (unpaired) electrons. The first-order chi connectivity index (χ1) is 10.9. The van der Waals surface area contributed by atoms with Crippen LogP contribution >= 0.6 is 0 Å². The van der Waals surface area contributed by atoms with Gasteiger partial charge in [0.25, 0.3) is 0 Å². The van der Waals surface area contributed by atoms with E-state index in [9.17, 15) is 12.8 Å². The predicted molar refractivity (Wildman–Crippen MR) is 86.4 cm³/mol. The van der Waals surface area contributed by atoms with Crippen LogP contribution in [0.4, 0.5) is 4.39 Å². The van der Waals surface area contributed by atoms with Gasteiger partial charge in [-0.05, 0) is 62.2 Å². The summed E-state index contributed by atoms with van der Waals surface area (Å²) in [6, 6.07) is 4.01. The number of nitrogens with one attached hydrogen (secondary N) is 1. The van der Waals surface area contributed by atoms with Gasteiger partial charge in [0.2, 0.25) is 0 Å². The molecule has 1 aromatic carbocycles. The van der Waals surface area contributed by atoms with Crippen molar-refractivity contribution in [3.63, 3.8) is 0 Å². The molecule has 2 aliphatic rings. The minimum atomic E-state index is -3.37. The fourth-order valence-electron chi connectivity index (χ4n) is 3.51. The van der Waals surface area contributed by atoms with E-state index in [0.717, 1.165) is 37.2 Å². The number of ether oxygens (including phenoxy) is 1. The summed E-state index contributed by atoms with van der Waals surface area (Å²) >= 11 is 0. The van der Waals surface area contributed by atoms with Gasteiger partial charge in [0.05, 0.1) is 18.1 Å². The van der Waals surface area contributed by atoms with Gasteiger partial charge in [-0.25, -0.2) is 12.8 Å². The zero-order valence-electron chi connectivity index (χ0n) is 13.4. The molecule has 2 fully saturated rings. The third-order valence-electron chi connectivity index (χ3n) is 5.01. The lowest BCUT2D eigenvalue weighted by Crippen LogP contribution is -2.29. The molecule has 0 unspecified atom stereocenters. The van der Waals surface area contributed by atoms with Gasteiger partial charge in [-0.3, -0.25) is 0 Å². The maximum Gasteiger partial charge on any atom is 0.175 e. The van der Waals surface area contributed by atoms with Gasteiger partial charge in [0, 0.05) is 11.8 Å². The first-order valence-electron chi connectivity index (χ1n) is 8.22. The van der Waals surface area contributed by atoms with E-state index in [-0.39, 0.29) is 11.5 Å². The Morgan fingerprint density at radius 2 is 2.04 bits per heavy atom. The van der Waals surface area contributed by atoms with Crippen LogP contribution in [-0.4, -0.2) is 34.4 Å². The molecular formula is C17H24FNO3S. The Hall–Kier alpha value is -0.980. The second-order valence-electron chi connectivity index (χ2n) is 6.79. The largest absolute Gasteiger partial charge is 0.376 e. The number of rotatable bonds is 6. The fourth-order valence-corrected chi connectivity index (χ4v) is 4.14. The highest BCUT2D eigenvalue weighted by Crippen LogP contribution is 2.47. The molecule has 1 saturated heterocycles. The van der Waals surface area contributed by atoms with Crippen molar-refractivity contribution in [1.82, 2.24) is 5.32 Å². The maximum absolute atomic E-state index is 13.9. The van der Waals surface area contributed by atoms with Crippen LogP contribution < -0.4 is 5.32 Å². The first kappa shape index (κ1) is 16.9. The molecule has 0 amide bonds. The summed E-state index contributed by atoms with van der Waals surface area (Å²) in [5.74, 6) is 1.68. The van der Waals surface area contributed by atoms with Gasteiger partial charge < -0.3 is 10.1 Å². The molecule has 0 aromatic heterocycles. The van der Waals surface area contributed by atoms with Crippen LogP contribution in [0.15, 0.2) is 23.1 Å². The Labute approximate surface area is 137 Å². The second-order valence-corrected chi connectivity index (χ2v) is 8.80. The first-order valence-corrected chi connectivity index (χ1v) is 10.1. The van der Waals surface area contributed by atoms with Crippen molar-refractivity contribution >= 4 is 9.84 Å². The Morgan fingerprint density at radius 3 is 2.70 bits per heavy atom. The van der Waals surface area contributed by atoms with E-state index in [1.54, 1.807) is 0 Å². The minimum absolute atomic E-state index is 0.00640. The number of halogens is 1. The topological polar surface area (TPSA) is 55.4 Å². The number of benzene rings is 1. The Kier molecular flexibility index (Phi) is 5.04. The molecule has 0 spiro atoms. The van der Waals surface area contributed by atoms with Crippen LogP contribution in [-0.2, 0) is 21.2 Å². The summed E-state index contributed by atoms with van der Waals surface area (Å²) in [4.78, 5) is 0.00640. The average molecular weight is 341 g/mol. The highest BCUT2D eigenvalue weighted by Gasteiger charge is 2.42. The molecule has 0 bridgehead atoms. The SMILES string of the molecule is CS(=O)(=O)c1ccc(COC[C@H]2C[C@@H]2C2CCNCC2)c(F)c1. The van der Waals surface area contributed by atoms with Crippen LogP contribution in [0.1, 0.15) is 24.8 Å². The van der Waals surface area contributed by atoms with E-state index < -0.39 is 15.7 Å². The molecule has 1 aromatic rings. The van der Waals surface area contributed by atoms with Crippen molar-refractivity contribution in [2.75, 3.05) is 26.0 Å². The maximum atomic E-state index is 13.9. The van der Waals surface area contributed by atoms with E-state index >= 15 is 0 Å². The lowest BCUT2D eigenvalue weighted by atomic mass is 9.92. The van der Waals surface area contributed by atoms with Gasteiger partial charge in [-0.2, -0.15) is 0 Å². The molecule has 2 atom stereocenters. The molecule has 6 heteroatoms. The molecular weight excluding hydrogens is 317 g/mol. The lowest BCUT2D eigenvalue weighted by Gasteiger charge is -2.22. The summed E-state index contributed by atoms with van der Waals surface area (Å²) in [5.41, 5.74) is 0.413. The standard InChI is InChI=1S/C17H24FNO3S/c1-23(20,21)15-3-2-13(17(18)9-15)10-22-11-14-8-16(14)12-4-6-19-7-5-12/h2-3,9,12,14,16,19H,4-8,10-11H2,1H3/t14-,16-/m1/s1. The van der Waals surface area contributed by atoms with Gasteiger partial charge in [0.15, 0.2) is 9.84 Å². The van der Waals surface area contributed by atoms with Crippen molar-refractivity contribution in [2.45, 2.75) is 30.8 Å². The minimum Gasteiger partial charge on any atom is -0.376 e. The Balaban J connectivity index is 1.46. The summed E-state index contributed by atoms with van der Waals surface area (Å²) in [5, 5.41) is 3.38. The predicted octanol–water partition coefficient (Wildman–Crippen LogP) is 2.38. The summed E-state index contributed by atoms with van der Waals surface area (Å²) in [7, 11) is -3.37. The van der Waals surface area contributed by atoms with Crippen LogP contribution in [0.25, 0.3) is 0 Å². The number of sulfone groups is 1. The van der Waals surface area contributed by atoms with E-state index in [4.69, 9.17) is 4.74 Å². The van der Waals surface area contributed by atoms with Crippen molar-refractivity contribution in [3.8, 4) is 0 Å². The van der Waals surface area contributed by atoms with Crippen molar-refractivity contribution in [3.05, 3.63) is 29.6 Å². The number of piperidine rings is 1. The third kappa shape index (κ3) is 4.31. The molecule has 1 saturated carbocycles. The molecule has 1 aliphatic carbocycles. The Bertz CT molecular complexity index is 656. The third-order valence-corrected chi connectivity index (χ3v) is 6.12. The van der Waals surface area contributed by atoms with Crippen LogP contribution in [0, 0.1) is 23.6 Å². The highest BCUT2D eigenvalue weighted by molar-refractivity contribution is 7.90. The van der Waals surface area contributed by atoms with Gasteiger partial charge >= 0.3 is 0 Å². The molecule has 23 heavy (non-hydrogen) atoms. The van der Waals surface area contributed by atoms with Crippen LogP contribution in [0.3, 0.4) is 0 Å². The highest BCUT2D eigenvalue weighted by atomic mass is 32.2. The van der Waals surface area contributed by atoms with E-state index in [0.29, 0.717) is 18.1 Å². The Morgan fingerprint density at radius 1 is 1.30 bits per heavy atom. The lowest BCUT2D eigenvalue weighted by molar-refractivity contribution is 0.102. The summed E-state index contributed by atoms with van der Waals surface area (Å²) < 4.78 is 42.4. The monoisotopic (exact) mass is 341 g/mol. The molecule has 128 valence electrons. The number of hydrogen-bond donors (Lipinski definition) is 1. The van der Waals surface area contributed by atoms with Gasteiger partial charge in [-0.1, -0.05) is 6.07 Å². The summed E-state index contributed by atoms with van der Waals surface area (Å²) in [6.07, 6.45) is 4.80. The second kappa shape index (κ2) is 6.87. The molecule has 1 heterocycles. The average Bonchev–Trinajstić information content (AvgIpc) is 3.28. The van der Waals surface area contributed by atoms with Crippen LogP contribution in [0.5, 0.6) is 0 Å². The zero-order valence-corrected chi connectivity index (χ0v) is 14.2. The quantitative estimate of drug-likeness (QED) is 0.863. The number of hydrogen-bond acceptors (Lipinski definition) is 4. The van der Waals surface area contributed by atoms with Crippen molar-refractivity contribution < 1.29 is 17.5 Å². The zero-order chi connectivity index (χ0) is 16.4. The normalized spacial score (nSPS) is 25.5. The molecule has 4 nitrogen and oxygen atoms in total. The van der Waals surface area contributed by atoms with Crippen molar-refractivity contribution in [1.29, 1.82) is 0 Å². The molecule has 1 aliphatic heterocycles. The van der Waals surface area contributed by atoms with E-state index in [2.05, 4.69) is 5.32 Å². The fraction of sp³-hybridized carbons (Fsp3) is 0.647. The molecule has 3 rings (SSSR count). The molecule has 1 N–H and O–H groups in total. The van der Waals surface area contributed by atoms with E-state index in [1.807, 2.05) is 0 Å². The van der Waals surface area contributed by atoms with Gasteiger partial charge in [-0.15, -0.1) is 0 Å². The summed E-state index contributed by atoms with van der Waals surface area (Å²) in [6.45, 7) is 3.10. The smallest absolute Gasteiger partial charge is 0.175 e. The van der Waals surface area contributed by atoms with Crippen LogP contribution in [0.2, 0.25) is 0 Å². The van der Waals surface area contributed by atoms with Gasteiger partial charge in [0.1, 0.15) is 5.82 Å². The van der Waals surface area contributed by atoms with Crippen molar-refractivity contribution in [2.24, 2.45) is 17.8 Å². The van der Waals surface area contributed by atoms with E-state index in [1.165, 1.54) is 31.4 Å².